The molecule has 30 heavy (non-hydrogen) atoms. The summed E-state index contributed by atoms with van der Waals surface area (Å²) in [6, 6.07) is 14.0. The maximum absolute atomic E-state index is 12.6. The third kappa shape index (κ3) is 3.97. The summed E-state index contributed by atoms with van der Waals surface area (Å²) in [5, 5.41) is 3.44. The second-order valence-corrected chi connectivity index (χ2v) is 9.88. The molecule has 5 heteroatoms. The Kier molecular flexibility index (Phi) is 5.74. The van der Waals surface area contributed by atoms with E-state index in [-0.39, 0.29) is 5.97 Å². The summed E-state index contributed by atoms with van der Waals surface area (Å²) in [5.74, 6) is -0.225. The van der Waals surface area contributed by atoms with Gasteiger partial charge in [0.25, 0.3) is 0 Å². The Labute approximate surface area is 183 Å². The highest BCUT2D eigenvalue weighted by Gasteiger charge is 2.40. The van der Waals surface area contributed by atoms with Gasteiger partial charge in [-0.1, -0.05) is 43.2 Å². The van der Waals surface area contributed by atoms with Crippen LogP contribution in [-0.2, 0) is 4.74 Å². The predicted molar refractivity (Wildman–Crippen MR) is 122 cm³/mol. The van der Waals surface area contributed by atoms with Gasteiger partial charge in [-0.05, 0) is 69.0 Å². The molecule has 2 fully saturated rings. The standard InChI is InChI=1S/C25H30N2O2S/c28-24(29-17-7-16-27-15-6-14-25(27)12-4-1-5-13-25)19-10-11-23-21(18-19)26-20-8-2-3-9-22(20)30-23/h2-3,8-11,18,26H,1,4-7,12-17H2. The minimum absolute atomic E-state index is 0.225. The molecule has 0 unspecified atom stereocenters. The SMILES string of the molecule is O=C(OCCCN1CCCC12CCCCC2)c1ccc2c(c1)Nc1ccccc1S2. The van der Waals surface area contributed by atoms with Crippen molar-refractivity contribution in [3.05, 3.63) is 48.0 Å². The molecule has 0 atom stereocenters. The van der Waals surface area contributed by atoms with Crippen molar-refractivity contribution in [1.82, 2.24) is 4.90 Å². The fraction of sp³-hybridized carbons (Fsp3) is 0.480. The lowest BCUT2D eigenvalue weighted by Crippen LogP contribution is -2.45. The number of hydrogen-bond acceptors (Lipinski definition) is 5. The first-order valence-electron chi connectivity index (χ1n) is 11.3. The number of esters is 1. The molecule has 1 saturated carbocycles. The van der Waals surface area contributed by atoms with Gasteiger partial charge in [0, 0.05) is 21.9 Å². The molecule has 1 N–H and O–H groups in total. The summed E-state index contributed by atoms with van der Waals surface area (Å²) >= 11 is 1.73. The van der Waals surface area contributed by atoms with Crippen LogP contribution in [0, 0.1) is 0 Å². The van der Waals surface area contributed by atoms with Crippen LogP contribution in [0.5, 0.6) is 0 Å². The summed E-state index contributed by atoms with van der Waals surface area (Å²) in [7, 11) is 0. The highest BCUT2D eigenvalue weighted by Crippen LogP contribution is 2.44. The number of hydrogen-bond donors (Lipinski definition) is 1. The van der Waals surface area contributed by atoms with Crippen molar-refractivity contribution < 1.29 is 9.53 Å². The topological polar surface area (TPSA) is 41.6 Å². The monoisotopic (exact) mass is 422 g/mol. The molecule has 3 aliphatic rings. The average Bonchev–Trinajstić information content (AvgIpc) is 3.16. The van der Waals surface area contributed by atoms with Gasteiger partial charge in [0.1, 0.15) is 0 Å². The Morgan fingerprint density at radius 3 is 2.70 bits per heavy atom. The van der Waals surface area contributed by atoms with Gasteiger partial charge in [-0.3, -0.25) is 4.90 Å². The van der Waals surface area contributed by atoms with Crippen molar-refractivity contribution in [1.29, 1.82) is 0 Å². The number of ether oxygens (including phenoxy) is 1. The molecule has 2 aromatic carbocycles. The second-order valence-electron chi connectivity index (χ2n) is 8.80. The van der Waals surface area contributed by atoms with E-state index in [1.807, 2.05) is 30.3 Å². The molecule has 0 aromatic heterocycles. The number of fused-ring (bicyclic) bond motifs is 2. The van der Waals surface area contributed by atoms with Gasteiger partial charge in [0.2, 0.25) is 0 Å². The largest absolute Gasteiger partial charge is 0.462 e. The second kappa shape index (κ2) is 8.64. The third-order valence-electron chi connectivity index (χ3n) is 6.92. The van der Waals surface area contributed by atoms with E-state index in [4.69, 9.17) is 4.74 Å². The Morgan fingerprint density at radius 1 is 1.00 bits per heavy atom. The Bertz CT molecular complexity index is 923. The molecule has 158 valence electrons. The Hall–Kier alpha value is -1.98. The number of likely N-dealkylation sites (tertiary alicyclic amines) is 1. The molecule has 4 nitrogen and oxygen atoms in total. The number of benzene rings is 2. The van der Waals surface area contributed by atoms with Crippen molar-refractivity contribution in [2.45, 2.75) is 66.7 Å². The summed E-state index contributed by atoms with van der Waals surface area (Å²) in [6.45, 7) is 2.75. The van der Waals surface area contributed by atoms with E-state index in [1.165, 1.54) is 56.4 Å². The predicted octanol–water partition coefficient (Wildman–Crippen LogP) is 6.24. The van der Waals surface area contributed by atoms with Crippen molar-refractivity contribution >= 4 is 29.1 Å². The van der Waals surface area contributed by atoms with E-state index in [1.54, 1.807) is 11.8 Å². The first kappa shape index (κ1) is 20.0. The van der Waals surface area contributed by atoms with Crippen LogP contribution in [0.4, 0.5) is 11.4 Å². The van der Waals surface area contributed by atoms with Gasteiger partial charge in [-0.15, -0.1) is 0 Å². The summed E-state index contributed by atoms with van der Waals surface area (Å²) in [6.07, 6.45) is 10.5. The fourth-order valence-corrected chi connectivity index (χ4v) is 6.36. The highest BCUT2D eigenvalue weighted by molar-refractivity contribution is 7.99. The lowest BCUT2D eigenvalue weighted by atomic mass is 9.80. The summed E-state index contributed by atoms with van der Waals surface area (Å²) in [4.78, 5) is 17.6. The van der Waals surface area contributed by atoms with E-state index in [0.717, 1.165) is 29.2 Å². The van der Waals surface area contributed by atoms with E-state index < -0.39 is 0 Å². The van der Waals surface area contributed by atoms with Crippen LogP contribution in [0.3, 0.4) is 0 Å². The molecule has 0 radical (unpaired) electrons. The smallest absolute Gasteiger partial charge is 0.338 e. The molecule has 2 aliphatic heterocycles. The van der Waals surface area contributed by atoms with Crippen LogP contribution in [0.1, 0.15) is 61.7 Å². The maximum Gasteiger partial charge on any atom is 0.338 e. The Morgan fingerprint density at radius 2 is 1.80 bits per heavy atom. The normalized spacial score (nSPS) is 19.7. The van der Waals surface area contributed by atoms with Gasteiger partial charge in [0.15, 0.2) is 0 Å². The molecule has 1 spiro atoms. The summed E-state index contributed by atoms with van der Waals surface area (Å²) in [5.41, 5.74) is 3.14. The van der Waals surface area contributed by atoms with E-state index in [2.05, 4.69) is 22.3 Å². The van der Waals surface area contributed by atoms with Crippen LogP contribution < -0.4 is 5.32 Å². The van der Waals surface area contributed by atoms with Crippen LogP contribution in [0.2, 0.25) is 0 Å². The van der Waals surface area contributed by atoms with Gasteiger partial charge in [0.05, 0.1) is 23.5 Å². The maximum atomic E-state index is 12.6. The molecule has 2 aromatic rings. The third-order valence-corrected chi connectivity index (χ3v) is 8.07. The van der Waals surface area contributed by atoms with E-state index in [0.29, 0.717) is 17.7 Å². The van der Waals surface area contributed by atoms with Gasteiger partial charge in [-0.2, -0.15) is 0 Å². The van der Waals surface area contributed by atoms with Crippen LogP contribution in [0.15, 0.2) is 52.3 Å². The molecule has 0 bridgehead atoms. The lowest BCUT2D eigenvalue weighted by molar-refractivity contribution is 0.0447. The number of carbonyl (C=O) groups is 1. The number of para-hydroxylation sites is 1. The zero-order valence-electron chi connectivity index (χ0n) is 17.5. The lowest BCUT2D eigenvalue weighted by Gasteiger charge is -2.41. The number of anilines is 2. The van der Waals surface area contributed by atoms with E-state index >= 15 is 0 Å². The zero-order valence-corrected chi connectivity index (χ0v) is 18.3. The van der Waals surface area contributed by atoms with Gasteiger partial charge < -0.3 is 10.1 Å². The highest BCUT2D eigenvalue weighted by atomic mass is 32.2. The molecule has 0 amide bonds. The number of rotatable bonds is 5. The molecule has 5 rings (SSSR count). The molecule has 2 heterocycles. The van der Waals surface area contributed by atoms with Crippen molar-refractivity contribution in [2.75, 3.05) is 25.0 Å². The van der Waals surface area contributed by atoms with Crippen LogP contribution in [-0.4, -0.2) is 36.1 Å². The van der Waals surface area contributed by atoms with Crippen molar-refractivity contribution in [2.24, 2.45) is 0 Å². The minimum Gasteiger partial charge on any atom is -0.462 e. The minimum atomic E-state index is -0.225. The Balaban J connectivity index is 1.14. The van der Waals surface area contributed by atoms with Gasteiger partial charge >= 0.3 is 5.97 Å². The van der Waals surface area contributed by atoms with Crippen LogP contribution in [0.25, 0.3) is 0 Å². The first-order valence-corrected chi connectivity index (χ1v) is 12.2. The quantitative estimate of drug-likeness (QED) is 0.389. The average molecular weight is 423 g/mol. The number of carbonyl (C=O) groups excluding carboxylic acids is 1. The van der Waals surface area contributed by atoms with Crippen LogP contribution >= 0.6 is 11.8 Å². The summed E-state index contributed by atoms with van der Waals surface area (Å²) < 4.78 is 5.62. The van der Waals surface area contributed by atoms with Crippen molar-refractivity contribution in [3.63, 3.8) is 0 Å². The first-order chi connectivity index (χ1) is 14.7. The zero-order chi connectivity index (χ0) is 20.4. The fourth-order valence-electron chi connectivity index (χ4n) is 5.39. The number of nitrogens with one attached hydrogen (secondary N) is 1. The molecular weight excluding hydrogens is 392 g/mol. The van der Waals surface area contributed by atoms with Crippen molar-refractivity contribution in [3.8, 4) is 0 Å². The molecule has 1 aliphatic carbocycles. The molecular formula is C25H30N2O2S. The van der Waals surface area contributed by atoms with E-state index in [9.17, 15) is 4.79 Å². The molecule has 1 saturated heterocycles. The number of nitrogens with zero attached hydrogens (tertiary/aromatic N) is 1. The van der Waals surface area contributed by atoms with Gasteiger partial charge in [-0.25, -0.2) is 4.79 Å².